The van der Waals surface area contributed by atoms with E-state index in [0.717, 1.165) is 30.9 Å². The minimum atomic E-state index is 0.366. The summed E-state index contributed by atoms with van der Waals surface area (Å²) in [5.74, 6) is 0.366. The van der Waals surface area contributed by atoms with E-state index in [4.69, 9.17) is 0 Å². The first kappa shape index (κ1) is 15.0. The number of aromatic nitrogens is 1. The van der Waals surface area contributed by atoms with Crippen molar-refractivity contribution in [1.29, 1.82) is 0 Å². The summed E-state index contributed by atoms with van der Waals surface area (Å²) in [7, 11) is 0. The smallest absolute Gasteiger partial charge is 0.120 e. The molecule has 1 fully saturated rings. The number of pyridine rings is 1. The van der Waals surface area contributed by atoms with Crippen molar-refractivity contribution in [2.75, 3.05) is 13.1 Å². The monoisotopic (exact) mass is 297 g/mol. The zero-order chi connectivity index (χ0) is 15.2. The molecule has 0 radical (unpaired) electrons. The first-order chi connectivity index (χ1) is 10.8. The molecule has 116 valence electrons. The molecule has 4 nitrogen and oxygen atoms in total. The standard InChI is InChI=1S/C18H23N3O/c22-18-10-3-2-8-16(18)14-21(20-12-6-1-7-13-20)15-17-9-4-5-11-19-17/h2-5,8-11,22H,1,6-7,12-15H2. The van der Waals surface area contributed by atoms with Crippen molar-refractivity contribution in [2.24, 2.45) is 0 Å². The molecule has 1 N–H and O–H groups in total. The molecule has 3 rings (SSSR count). The van der Waals surface area contributed by atoms with Crippen LogP contribution >= 0.6 is 0 Å². The van der Waals surface area contributed by atoms with E-state index in [2.05, 4.69) is 21.1 Å². The highest BCUT2D eigenvalue weighted by molar-refractivity contribution is 5.31. The van der Waals surface area contributed by atoms with E-state index in [1.165, 1.54) is 19.3 Å². The molecule has 0 amide bonds. The van der Waals surface area contributed by atoms with Gasteiger partial charge in [0, 0.05) is 31.4 Å². The van der Waals surface area contributed by atoms with Gasteiger partial charge in [-0.15, -0.1) is 0 Å². The van der Waals surface area contributed by atoms with Gasteiger partial charge in [-0.1, -0.05) is 30.7 Å². The van der Waals surface area contributed by atoms with Crippen LogP contribution in [0.15, 0.2) is 48.7 Å². The molecule has 22 heavy (non-hydrogen) atoms. The number of rotatable bonds is 5. The number of hydrogen-bond acceptors (Lipinski definition) is 4. The maximum absolute atomic E-state index is 10.1. The Balaban J connectivity index is 1.77. The van der Waals surface area contributed by atoms with E-state index in [1.54, 1.807) is 6.07 Å². The van der Waals surface area contributed by atoms with Gasteiger partial charge in [0.1, 0.15) is 5.75 Å². The summed E-state index contributed by atoms with van der Waals surface area (Å²) in [5.41, 5.74) is 2.02. The Kier molecular flexibility index (Phi) is 5.03. The fourth-order valence-electron chi connectivity index (χ4n) is 2.94. The largest absolute Gasteiger partial charge is 0.508 e. The third-order valence-electron chi connectivity index (χ3n) is 4.15. The maximum Gasteiger partial charge on any atom is 0.120 e. The van der Waals surface area contributed by atoms with Crippen molar-refractivity contribution in [1.82, 2.24) is 15.0 Å². The highest BCUT2D eigenvalue weighted by Crippen LogP contribution is 2.22. The Morgan fingerprint density at radius 1 is 0.955 bits per heavy atom. The molecule has 0 spiro atoms. The van der Waals surface area contributed by atoms with Crippen molar-refractivity contribution in [3.8, 4) is 5.75 Å². The molecular weight excluding hydrogens is 274 g/mol. The second kappa shape index (κ2) is 7.38. The van der Waals surface area contributed by atoms with Crippen LogP contribution in [0.4, 0.5) is 0 Å². The number of hydrazine groups is 1. The molecule has 2 heterocycles. The predicted octanol–water partition coefficient (Wildman–Crippen LogP) is 3.19. The second-order valence-electron chi connectivity index (χ2n) is 5.79. The van der Waals surface area contributed by atoms with Crippen molar-refractivity contribution in [2.45, 2.75) is 32.4 Å². The van der Waals surface area contributed by atoms with Crippen LogP contribution in [-0.2, 0) is 13.1 Å². The van der Waals surface area contributed by atoms with Gasteiger partial charge in [-0.2, -0.15) is 0 Å². The second-order valence-corrected chi connectivity index (χ2v) is 5.79. The van der Waals surface area contributed by atoms with Gasteiger partial charge < -0.3 is 5.11 Å². The Morgan fingerprint density at radius 3 is 2.45 bits per heavy atom. The van der Waals surface area contributed by atoms with E-state index in [0.29, 0.717) is 12.3 Å². The molecular formula is C18H23N3O. The van der Waals surface area contributed by atoms with Gasteiger partial charge in [0.05, 0.1) is 12.2 Å². The van der Waals surface area contributed by atoms with Crippen molar-refractivity contribution < 1.29 is 5.11 Å². The zero-order valence-corrected chi connectivity index (χ0v) is 12.9. The molecule has 1 aromatic heterocycles. The Hall–Kier alpha value is -1.91. The number of phenols is 1. The van der Waals surface area contributed by atoms with Crippen LogP contribution in [0.3, 0.4) is 0 Å². The lowest BCUT2D eigenvalue weighted by Gasteiger charge is -2.37. The number of piperidine rings is 1. The molecule has 2 aromatic rings. The van der Waals surface area contributed by atoms with E-state index in [1.807, 2.05) is 36.5 Å². The molecule has 1 aliphatic rings. The van der Waals surface area contributed by atoms with E-state index in [9.17, 15) is 5.11 Å². The molecule has 4 heteroatoms. The summed E-state index contributed by atoms with van der Waals surface area (Å²) in [6.07, 6.45) is 5.62. The summed E-state index contributed by atoms with van der Waals surface area (Å²) < 4.78 is 0. The van der Waals surface area contributed by atoms with Gasteiger partial charge in [-0.05, 0) is 31.0 Å². The Labute approximate surface area is 132 Å². The van der Waals surface area contributed by atoms with Gasteiger partial charge in [0.15, 0.2) is 0 Å². The number of para-hydroxylation sites is 1. The molecule has 0 bridgehead atoms. The molecule has 0 aliphatic carbocycles. The van der Waals surface area contributed by atoms with Crippen LogP contribution < -0.4 is 0 Å². The Bertz CT molecular complexity index is 582. The summed E-state index contributed by atoms with van der Waals surface area (Å²) in [6.45, 7) is 3.65. The molecule has 1 aromatic carbocycles. The van der Waals surface area contributed by atoms with Crippen LogP contribution in [0.5, 0.6) is 5.75 Å². The zero-order valence-electron chi connectivity index (χ0n) is 12.9. The van der Waals surface area contributed by atoms with Crippen LogP contribution in [-0.4, -0.2) is 33.2 Å². The van der Waals surface area contributed by atoms with E-state index < -0.39 is 0 Å². The molecule has 1 aliphatic heterocycles. The van der Waals surface area contributed by atoms with Gasteiger partial charge in [0.25, 0.3) is 0 Å². The quantitative estimate of drug-likeness (QED) is 0.920. The Morgan fingerprint density at radius 2 is 1.73 bits per heavy atom. The molecule has 0 atom stereocenters. The minimum absolute atomic E-state index is 0.366. The normalized spacial score (nSPS) is 16.0. The highest BCUT2D eigenvalue weighted by Gasteiger charge is 2.20. The summed E-state index contributed by atoms with van der Waals surface area (Å²) >= 11 is 0. The van der Waals surface area contributed by atoms with Crippen LogP contribution in [0.2, 0.25) is 0 Å². The third kappa shape index (κ3) is 3.84. The molecule has 0 saturated carbocycles. The summed E-state index contributed by atoms with van der Waals surface area (Å²) in [4.78, 5) is 4.45. The van der Waals surface area contributed by atoms with Crippen LogP contribution in [0.25, 0.3) is 0 Å². The average molecular weight is 297 g/mol. The number of hydrogen-bond donors (Lipinski definition) is 1. The lowest BCUT2D eigenvalue weighted by molar-refractivity contribution is -0.0556. The number of aromatic hydroxyl groups is 1. The first-order valence-corrected chi connectivity index (χ1v) is 7.99. The minimum Gasteiger partial charge on any atom is -0.508 e. The van der Waals surface area contributed by atoms with Crippen molar-refractivity contribution in [3.63, 3.8) is 0 Å². The van der Waals surface area contributed by atoms with Gasteiger partial charge >= 0.3 is 0 Å². The van der Waals surface area contributed by atoms with Gasteiger partial charge in [-0.25, -0.2) is 10.0 Å². The van der Waals surface area contributed by atoms with Gasteiger partial charge in [0.2, 0.25) is 0 Å². The van der Waals surface area contributed by atoms with E-state index in [-0.39, 0.29) is 0 Å². The van der Waals surface area contributed by atoms with Crippen molar-refractivity contribution in [3.05, 3.63) is 59.9 Å². The first-order valence-electron chi connectivity index (χ1n) is 7.99. The van der Waals surface area contributed by atoms with Gasteiger partial charge in [-0.3, -0.25) is 4.98 Å². The maximum atomic E-state index is 10.1. The topological polar surface area (TPSA) is 39.6 Å². The summed E-state index contributed by atoms with van der Waals surface area (Å²) in [6, 6.07) is 13.6. The molecule has 0 unspecified atom stereocenters. The lowest BCUT2D eigenvalue weighted by Crippen LogP contribution is -2.44. The van der Waals surface area contributed by atoms with Crippen molar-refractivity contribution >= 4 is 0 Å². The number of nitrogens with zero attached hydrogens (tertiary/aromatic N) is 3. The summed E-state index contributed by atoms with van der Waals surface area (Å²) in [5, 5.41) is 14.8. The fourth-order valence-corrected chi connectivity index (χ4v) is 2.94. The lowest BCUT2D eigenvalue weighted by atomic mass is 10.1. The van der Waals surface area contributed by atoms with Crippen LogP contribution in [0, 0.1) is 0 Å². The molecule has 1 saturated heterocycles. The fraction of sp³-hybridized carbons (Fsp3) is 0.389. The SMILES string of the molecule is Oc1ccccc1CN(Cc1ccccn1)N1CCCCC1. The number of phenolic OH excluding ortho intramolecular Hbond substituents is 1. The average Bonchev–Trinajstić information content (AvgIpc) is 2.58. The third-order valence-corrected chi connectivity index (χ3v) is 4.15. The highest BCUT2D eigenvalue weighted by atomic mass is 16.3. The van der Waals surface area contributed by atoms with Crippen LogP contribution in [0.1, 0.15) is 30.5 Å². The number of benzene rings is 1. The van der Waals surface area contributed by atoms with E-state index >= 15 is 0 Å². The predicted molar refractivity (Wildman–Crippen MR) is 87.0 cm³/mol.